The topological polar surface area (TPSA) is 28.2 Å². The Bertz CT molecular complexity index is 595. The molecule has 0 spiro atoms. The third-order valence-electron chi connectivity index (χ3n) is 4.21. The molecular formula is C18H23N3. The van der Waals surface area contributed by atoms with Gasteiger partial charge in [0.15, 0.2) is 0 Å². The van der Waals surface area contributed by atoms with Gasteiger partial charge in [0.05, 0.1) is 0 Å². The van der Waals surface area contributed by atoms with E-state index in [0.717, 1.165) is 38.3 Å². The highest BCUT2D eigenvalue weighted by molar-refractivity contribution is 5.48. The molecule has 2 aromatic rings. The molecule has 0 saturated carbocycles. The highest BCUT2D eigenvalue weighted by Crippen LogP contribution is 2.22. The minimum Gasteiger partial charge on any atom is -0.356 e. The van der Waals surface area contributed by atoms with Crippen molar-refractivity contribution in [3.05, 3.63) is 58.8 Å². The molecule has 21 heavy (non-hydrogen) atoms. The molecule has 3 heteroatoms. The highest BCUT2D eigenvalue weighted by atomic mass is 15.2. The molecule has 0 aliphatic carbocycles. The van der Waals surface area contributed by atoms with Gasteiger partial charge in [-0.3, -0.25) is 0 Å². The molecule has 1 aromatic carbocycles. The van der Waals surface area contributed by atoms with Crippen LogP contribution in [-0.4, -0.2) is 25.1 Å². The van der Waals surface area contributed by atoms with E-state index in [-0.39, 0.29) is 0 Å². The molecule has 3 nitrogen and oxygen atoms in total. The molecule has 0 amide bonds. The molecule has 1 aromatic heterocycles. The van der Waals surface area contributed by atoms with E-state index in [2.05, 4.69) is 47.5 Å². The number of fused-ring (bicyclic) bond motifs is 1. The van der Waals surface area contributed by atoms with Crippen LogP contribution in [0.1, 0.15) is 22.3 Å². The predicted octanol–water partition coefficient (Wildman–Crippen LogP) is 2.71. The summed E-state index contributed by atoms with van der Waals surface area (Å²) in [6.07, 6.45) is 4.21. The molecule has 0 bridgehead atoms. The van der Waals surface area contributed by atoms with Gasteiger partial charge in [-0.2, -0.15) is 0 Å². The third-order valence-corrected chi connectivity index (χ3v) is 4.21. The van der Waals surface area contributed by atoms with Crippen molar-refractivity contribution in [1.82, 2.24) is 10.3 Å². The lowest BCUT2D eigenvalue weighted by Crippen LogP contribution is -2.27. The summed E-state index contributed by atoms with van der Waals surface area (Å²) in [5.41, 5.74) is 5.50. The molecule has 0 unspecified atom stereocenters. The fraction of sp³-hybridized carbons (Fsp3) is 0.389. The maximum atomic E-state index is 4.71. The monoisotopic (exact) mass is 281 g/mol. The number of nitrogens with one attached hydrogen (secondary N) is 1. The van der Waals surface area contributed by atoms with E-state index in [9.17, 15) is 0 Å². The minimum atomic E-state index is 0.875. The van der Waals surface area contributed by atoms with Crippen LogP contribution in [0.2, 0.25) is 0 Å². The summed E-state index contributed by atoms with van der Waals surface area (Å²) in [5, 5.41) is 3.18. The van der Waals surface area contributed by atoms with E-state index in [1.54, 1.807) is 0 Å². The Hall–Kier alpha value is -1.87. The van der Waals surface area contributed by atoms with Gasteiger partial charge in [0.2, 0.25) is 0 Å². The van der Waals surface area contributed by atoms with Crippen LogP contribution in [0.5, 0.6) is 0 Å². The van der Waals surface area contributed by atoms with E-state index in [4.69, 9.17) is 4.98 Å². The van der Waals surface area contributed by atoms with Gasteiger partial charge < -0.3 is 10.2 Å². The number of rotatable bonds is 3. The average Bonchev–Trinajstić information content (AvgIpc) is 2.71. The van der Waals surface area contributed by atoms with E-state index < -0.39 is 0 Å². The molecule has 3 rings (SSSR count). The lowest BCUT2D eigenvalue weighted by Gasteiger charge is -2.23. The maximum absolute atomic E-state index is 4.71. The van der Waals surface area contributed by atoms with Crippen LogP contribution in [0.3, 0.4) is 0 Å². The lowest BCUT2D eigenvalue weighted by molar-refractivity contribution is 0.777. The zero-order chi connectivity index (χ0) is 14.7. The van der Waals surface area contributed by atoms with Crippen LogP contribution in [0.25, 0.3) is 0 Å². The summed E-state index contributed by atoms with van der Waals surface area (Å²) < 4.78 is 0. The number of pyridine rings is 1. The number of aryl methyl sites for hydroxylation is 1. The van der Waals surface area contributed by atoms with Crippen LogP contribution in [0.4, 0.5) is 5.82 Å². The summed E-state index contributed by atoms with van der Waals surface area (Å²) in [5.74, 6) is 1.14. The molecule has 0 atom stereocenters. The number of benzene rings is 1. The predicted molar refractivity (Wildman–Crippen MR) is 87.8 cm³/mol. The van der Waals surface area contributed by atoms with E-state index in [0.29, 0.717) is 0 Å². The van der Waals surface area contributed by atoms with E-state index >= 15 is 0 Å². The number of aromatic nitrogens is 1. The third kappa shape index (κ3) is 3.08. The minimum absolute atomic E-state index is 0.875. The molecule has 110 valence electrons. The lowest BCUT2D eigenvalue weighted by atomic mass is 10.0. The Morgan fingerprint density at radius 2 is 1.81 bits per heavy atom. The second-order valence-corrected chi connectivity index (χ2v) is 5.77. The molecule has 2 heterocycles. The summed E-state index contributed by atoms with van der Waals surface area (Å²) in [7, 11) is 1.97. The molecule has 0 saturated heterocycles. The van der Waals surface area contributed by atoms with Crippen LogP contribution < -0.4 is 10.2 Å². The van der Waals surface area contributed by atoms with Gasteiger partial charge in [0.25, 0.3) is 0 Å². The van der Waals surface area contributed by atoms with E-state index in [1.165, 1.54) is 22.3 Å². The number of hydrogen-bond acceptors (Lipinski definition) is 3. The summed E-state index contributed by atoms with van der Waals surface area (Å²) >= 11 is 0. The number of anilines is 1. The van der Waals surface area contributed by atoms with Crippen molar-refractivity contribution in [3.8, 4) is 0 Å². The Morgan fingerprint density at radius 3 is 2.38 bits per heavy atom. The average molecular weight is 281 g/mol. The smallest absolute Gasteiger partial charge is 0.131 e. The van der Waals surface area contributed by atoms with Crippen LogP contribution >= 0.6 is 0 Å². The Morgan fingerprint density at radius 1 is 1.14 bits per heavy atom. The van der Waals surface area contributed by atoms with Crippen molar-refractivity contribution in [3.63, 3.8) is 0 Å². The Balaban J connectivity index is 1.79. The standard InChI is InChI=1S/C18H23N3/c1-14-11-15(12-19-2)13-20-18(14)21-9-7-16-5-3-4-6-17(16)8-10-21/h3-6,11,13,19H,7-10,12H2,1-2H3. The van der Waals surface area contributed by atoms with Gasteiger partial charge in [-0.15, -0.1) is 0 Å². The molecule has 0 radical (unpaired) electrons. The summed E-state index contributed by atoms with van der Waals surface area (Å²) in [6, 6.07) is 11.1. The summed E-state index contributed by atoms with van der Waals surface area (Å²) in [6.45, 7) is 5.14. The first-order chi connectivity index (χ1) is 10.3. The zero-order valence-electron chi connectivity index (χ0n) is 12.9. The van der Waals surface area contributed by atoms with Crippen LogP contribution in [-0.2, 0) is 19.4 Å². The van der Waals surface area contributed by atoms with Crippen molar-refractivity contribution < 1.29 is 0 Å². The van der Waals surface area contributed by atoms with Gasteiger partial charge in [0.1, 0.15) is 5.82 Å². The largest absolute Gasteiger partial charge is 0.356 e. The molecule has 1 N–H and O–H groups in total. The van der Waals surface area contributed by atoms with Gasteiger partial charge >= 0.3 is 0 Å². The van der Waals surface area contributed by atoms with Gasteiger partial charge in [-0.1, -0.05) is 24.3 Å². The molecule has 0 fully saturated rings. The first-order valence-electron chi connectivity index (χ1n) is 7.70. The molecule has 1 aliphatic heterocycles. The number of hydrogen-bond donors (Lipinski definition) is 1. The van der Waals surface area contributed by atoms with Crippen molar-refractivity contribution in [2.75, 3.05) is 25.0 Å². The van der Waals surface area contributed by atoms with Gasteiger partial charge in [-0.25, -0.2) is 4.98 Å². The first kappa shape index (κ1) is 14.1. The van der Waals surface area contributed by atoms with Crippen molar-refractivity contribution in [2.45, 2.75) is 26.3 Å². The first-order valence-corrected chi connectivity index (χ1v) is 7.70. The normalized spacial score (nSPS) is 14.7. The second kappa shape index (κ2) is 6.27. The van der Waals surface area contributed by atoms with Gasteiger partial charge in [-0.05, 0) is 55.1 Å². The second-order valence-electron chi connectivity index (χ2n) is 5.77. The van der Waals surface area contributed by atoms with Crippen LogP contribution in [0, 0.1) is 6.92 Å². The molecular weight excluding hydrogens is 258 g/mol. The fourth-order valence-electron chi connectivity index (χ4n) is 3.14. The highest BCUT2D eigenvalue weighted by Gasteiger charge is 2.16. The van der Waals surface area contributed by atoms with Crippen molar-refractivity contribution in [1.29, 1.82) is 0 Å². The van der Waals surface area contributed by atoms with Crippen LogP contribution in [0.15, 0.2) is 36.5 Å². The Kier molecular flexibility index (Phi) is 4.20. The quantitative estimate of drug-likeness (QED) is 0.937. The summed E-state index contributed by atoms with van der Waals surface area (Å²) in [4.78, 5) is 7.14. The van der Waals surface area contributed by atoms with E-state index in [1.807, 2.05) is 13.2 Å². The SMILES string of the molecule is CNCc1cnc(N2CCc3ccccc3CC2)c(C)c1. The van der Waals surface area contributed by atoms with Gasteiger partial charge in [0, 0.05) is 25.8 Å². The Labute approximate surface area is 127 Å². The zero-order valence-corrected chi connectivity index (χ0v) is 12.9. The van der Waals surface area contributed by atoms with Crippen molar-refractivity contribution >= 4 is 5.82 Å². The molecule has 1 aliphatic rings. The fourth-order valence-corrected chi connectivity index (χ4v) is 3.14. The van der Waals surface area contributed by atoms with Crippen molar-refractivity contribution in [2.24, 2.45) is 0 Å². The number of nitrogens with zero attached hydrogens (tertiary/aromatic N) is 2. The maximum Gasteiger partial charge on any atom is 0.131 e.